The van der Waals surface area contributed by atoms with Gasteiger partial charge in [-0.25, -0.2) is 0 Å². The average molecular weight is 369 g/mol. The fourth-order valence-electron chi connectivity index (χ4n) is 2.05. The summed E-state index contributed by atoms with van der Waals surface area (Å²) in [4.78, 5) is 47.4. The molecule has 6 nitrogen and oxygen atoms in total. The molecule has 1 atom stereocenters. The van der Waals surface area contributed by atoms with Crippen molar-refractivity contribution in [1.82, 2.24) is 10.2 Å². The van der Waals surface area contributed by atoms with Crippen molar-refractivity contribution < 1.29 is 19.2 Å². The van der Waals surface area contributed by atoms with E-state index < -0.39 is 11.9 Å². The number of nitrogens with one attached hydrogen (secondary N) is 1. The maximum absolute atomic E-state index is 12.5. The van der Waals surface area contributed by atoms with Gasteiger partial charge in [0, 0.05) is 30.6 Å². The van der Waals surface area contributed by atoms with Gasteiger partial charge >= 0.3 is 0 Å². The van der Waals surface area contributed by atoms with E-state index in [-0.39, 0.29) is 29.9 Å². The molecule has 0 radical (unpaired) electrons. The highest BCUT2D eigenvalue weighted by molar-refractivity contribution is 9.10. The predicted octanol–water partition coefficient (Wildman–Crippen LogP) is 1.43. The number of likely N-dealkylation sites (N-methyl/N-ethyl adjacent to an activating group) is 2. The SMILES string of the molecule is CNC(=O)C(CCC=O)N(C)C(=O)c1ccc(Br)cc1C=O. The standard InChI is InChI=1S/C15H17BrN2O4/c1-17-14(21)13(4-3-7-19)18(2)15(22)12-6-5-11(16)8-10(12)9-20/h5-9,13H,3-4H2,1-2H3,(H,17,21). The van der Waals surface area contributed by atoms with E-state index in [0.717, 1.165) is 0 Å². The van der Waals surface area contributed by atoms with Crippen LogP contribution in [0.2, 0.25) is 0 Å². The number of nitrogens with zero attached hydrogens (tertiary/aromatic N) is 1. The van der Waals surface area contributed by atoms with Crippen molar-refractivity contribution >= 4 is 40.3 Å². The molecule has 118 valence electrons. The van der Waals surface area contributed by atoms with E-state index >= 15 is 0 Å². The molecule has 0 aliphatic heterocycles. The lowest BCUT2D eigenvalue weighted by Gasteiger charge is -2.27. The summed E-state index contributed by atoms with van der Waals surface area (Å²) < 4.78 is 0.678. The Morgan fingerprint density at radius 3 is 2.59 bits per heavy atom. The quantitative estimate of drug-likeness (QED) is 0.737. The van der Waals surface area contributed by atoms with Crippen LogP contribution in [0.1, 0.15) is 33.6 Å². The summed E-state index contributed by atoms with van der Waals surface area (Å²) in [5.74, 6) is -0.809. The molecule has 7 heteroatoms. The first-order chi connectivity index (χ1) is 10.5. The monoisotopic (exact) mass is 368 g/mol. The summed E-state index contributed by atoms with van der Waals surface area (Å²) >= 11 is 3.23. The lowest BCUT2D eigenvalue weighted by Crippen LogP contribution is -2.47. The Bertz CT molecular complexity index is 589. The van der Waals surface area contributed by atoms with Crippen LogP contribution in [-0.2, 0) is 9.59 Å². The van der Waals surface area contributed by atoms with E-state index in [1.54, 1.807) is 6.07 Å². The highest BCUT2D eigenvalue weighted by atomic mass is 79.9. The van der Waals surface area contributed by atoms with Crippen molar-refractivity contribution in [2.75, 3.05) is 14.1 Å². The van der Waals surface area contributed by atoms with Crippen LogP contribution in [0.25, 0.3) is 0 Å². The zero-order valence-corrected chi connectivity index (χ0v) is 13.9. The average Bonchev–Trinajstić information content (AvgIpc) is 2.53. The normalized spacial score (nSPS) is 11.4. The molecule has 0 fully saturated rings. The first-order valence-corrected chi connectivity index (χ1v) is 7.42. The minimum atomic E-state index is -0.772. The molecule has 0 spiro atoms. The third-order valence-corrected chi connectivity index (χ3v) is 3.76. The number of halogens is 1. The first-order valence-electron chi connectivity index (χ1n) is 6.63. The van der Waals surface area contributed by atoms with Gasteiger partial charge in [-0.2, -0.15) is 0 Å². The summed E-state index contributed by atoms with van der Waals surface area (Å²) in [6.07, 6.45) is 1.67. The number of aldehydes is 2. The number of rotatable bonds is 7. The van der Waals surface area contributed by atoms with Crippen LogP contribution in [0.15, 0.2) is 22.7 Å². The van der Waals surface area contributed by atoms with Gasteiger partial charge in [-0.05, 0) is 24.6 Å². The van der Waals surface area contributed by atoms with Gasteiger partial charge in [0.05, 0.1) is 5.56 Å². The molecule has 1 aromatic rings. The Labute approximate surface area is 137 Å². The molecule has 0 aliphatic rings. The molecule has 1 unspecified atom stereocenters. The largest absolute Gasteiger partial charge is 0.357 e. The zero-order chi connectivity index (χ0) is 16.7. The number of benzene rings is 1. The lowest BCUT2D eigenvalue weighted by molar-refractivity contribution is -0.125. The van der Waals surface area contributed by atoms with Crippen LogP contribution in [0.3, 0.4) is 0 Å². The molecule has 0 aromatic heterocycles. The second kappa shape index (κ2) is 8.43. The van der Waals surface area contributed by atoms with E-state index in [4.69, 9.17) is 0 Å². The molecule has 1 N–H and O–H groups in total. The molecule has 1 aromatic carbocycles. The zero-order valence-electron chi connectivity index (χ0n) is 12.3. The van der Waals surface area contributed by atoms with Gasteiger partial charge in [0.1, 0.15) is 12.3 Å². The maximum atomic E-state index is 12.5. The van der Waals surface area contributed by atoms with E-state index in [1.165, 1.54) is 31.1 Å². The van der Waals surface area contributed by atoms with Crippen molar-refractivity contribution in [3.05, 3.63) is 33.8 Å². The maximum Gasteiger partial charge on any atom is 0.255 e. The molecule has 0 heterocycles. The Morgan fingerprint density at radius 2 is 2.05 bits per heavy atom. The van der Waals surface area contributed by atoms with Crippen molar-refractivity contribution in [2.24, 2.45) is 0 Å². The highest BCUT2D eigenvalue weighted by Crippen LogP contribution is 2.18. The van der Waals surface area contributed by atoms with Crippen molar-refractivity contribution in [2.45, 2.75) is 18.9 Å². The van der Waals surface area contributed by atoms with E-state index in [9.17, 15) is 19.2 Å². The van der Waals surface area contributed by atoms with Crippen LogP contribution >= 0.6 is 15.9 Å². The van der Waals surface area contributed by atoms with Crippen molar-refractivity contribution in [3.8, 4) is 0 Å². The number of carbonyl (C=O) groups excluding carboxylic acids is 4. The Morgan fingerprint density at radius 1 is 1.36 bits per heavy atom. The highest BCUT2D eigenvalue weighted by Gasteiger charge is 2.27. The van der Waals surface area contributed by atoms with Crippen LogP contribution in [0.5, 0.6) is 0 Å². The van der Waals surface area contributed by atoms with Crippen molar-refractivity contribution in [1.29, 1.82) is 0 Å². The Kier molecular flexibility index (Phi) is 6.91. The first kappa shape index (κ1) is 18.0. The molecule has 22 heavy (non-hydrogen) atoms. The fourth-order valence-corrected chi connectivity index (χ4v) is 2.43. The van der Waals surface area contributed by atoms with E-state index in [2.05, 4.69) is 21.2 Å². The third-order valence-electron chi connectivity index (χ3n) is 3.27. The molecule has 0 bridgehead atoms. The summed E-state index contributed by atoms with van der Waals surface area (Å²) in [6, 6.07) is 3.93. The number of hydrogen-bond acceptors (Lipinski definition) is 4. The smallest absolute Gasteiger partial charge is 0.255 e. The van der Waals surface area contributed by atoms with Crippen molar-refractivity contribution in [3.63, 3.8) is 0 Å². The second-order valence-electron chi connectivity index (χ2n) is 4.64. The Balaban J connectivity index is 3.10. The van der Waals surface area contributed by atoms with Crippen LogP contribution in [0.4, 0.5) is 0 Å². The molecule has 1 rings (SSSR count). The van der Waals surface area contributed by atoms with Crippen LogP contribution in [-0.4, -0.2) is 49.4 Å². The lowest BCUT2D eigenvalue weighted by atomic mass is 10.0. The fraction of sp³-hybridized carbons (Fsp3) is 0.333. The number of hydrogen-bond donors (Lipinski definition) is 1. The van der Waals surface area contributed by atoms with Gasteiger partial charge < -0.3 is 15.0 Å². The van der Waals surface area contributed by atoms with Gasteiger partial charge in [0.25, 0.3) is 5.91 Å². The molecule has 2 amide bonds. The van der Waals surface area contributed by atoms with Crippen LogP contribution < -0.4 is 5.32 Å². The molecular weight excluding hydrogens is 352 g/mol. The molecule has 0 aliphatic carbocycles. The number of carbonyl (C=O) groups is 4. The van der Waals surface area contributed by atoms with Gasteiger partial charge in [0.15, 0.2) is 6.29 Å². The minimum absolute atomic E-state index is 0.163. The second-order valence-corrected chi connectivity index (χ2v) is 5.56. The third kappa shape index (κ3) is 4.24. The predicted molar refractivity (Wildman–Crippen MR) is 84.8 cm³/mol. The topological polar surface area (TPSA) is 83.6 Å². The summed E-state index contributed by atoms with van der Waals surface area (Å²) in [6.45, 7) is 0. The summed E-state index contributed by atoms with van der Waals surface area (Å²) in [5.41, 5.74) is 0.443. The van der Waals surface area contributed by atoms with Crippen LogP contribution in [0, 0.1) is 0 Å². The van der Waals surface area contributed by atoms with Gasteiger partial charge in [-0.15, -0.1) is 0 Å². The van der Waals surface area contributed by atoms with Gasteiger partial charge in [-0.3, -0.25) is 14.4 Å². The van der Waals surface area contributed by atoms with E-state index in [1.807, 2.05) is 0 Å². The number of amides is 2. The molecule has 0 saturated heterocycles. The minimum Gasteiger partial charge on any atom is -0.357 e. The van der Waals surface area contributed by atoms with E-state index in [0.29, 0.717) is 17.0 Å². The van der Waals surface area contributed by atoms with Gasteiger partial charge in [-0.1, -0.05) is 15.9 Å². The molecular formula is C15H17BrN2O4. The summed E-state index contributed by atoms with van der Waals surface area (Å²) in [7, 11) is 2.94. The molecule has 0 saturated carbocycles. The summed E-state index contributed by atoms with van der Waals surface area (Å²) in [5, 5.41) is 2.47. The Hall–Kier alpha value is -2.02. The van der Waals surface area contributed by atoms with Gasteiger partial charge in [0.2, 0.25) is 5.91 Å².